The maximum atomic E-state index is 14.2. The van der Waals surface area contributed by atoms with Gasteiger partial charge in [-0.05, 0) is 69.0 Å². The van der Waals surface area contributed by atoms with Crippen LogP contribution in [-0.4, -0.2) is 50.9 Å². The minimum atomic E-state index is -4.18. The molecule has 0 aliphatic carbocycles. The molecular weight excluding hydrogens is 538 g/mol. The lowest BCUT2D eigenvalue weighted by molar-refractivity contribution is -0.140. The molecule has 2 amide bonds. The summed E-state index contributed by atoms with van der Waals surface area (Å²) >= 11 is 0. The lowest BCUT2D eigenvalue weighted by Gasteiger charge is -2.34. The topological polar surface area (TPSA) is 96.0 Å². The van der Waals surface area contributed by atoms with Crippen molar-refractivity contribution in [2.24, 2.45) is 0 Å². The molecule has 0 aromatic heterocycles. The van der Waals surface area contributed by atoms with Gasteiger partial charge in [-0.2, -0.15) is 0 Å². The van der Waals surface area contributed by atoms with Gasteiger partial charge in [-0.3, -0.25) is 13.9 Å². The van der Waals surface area contributed by atoms with E-state index in [4.69, 9.17) is 4.74 Å². The number of rotatable bonds is 14. The third kappa shape index (κ3) is 7.88. The summed E-state index contributed by atoms with van der Waals surface area (Å²) in [5, 5.41) is 2.91. The quantitative estimate of drug-likeness (QED) is 0.282. The van der Waals surface area contributed by atoms with Gasteiger partial charge >= 0.3 is 0 Å². The van der Waals surface area contributed by atoms with Crippen LogP contribution in [0.1, 0.15) is 50.3 Å². The maximum Gasteiger partial charge on any atom is 0.264 e. The number of sulfonamides is 1. The van der Waals surface area contributed by atoms with Crippen LogP contribution < -0.4 is 14.4 Å². The molecule has 41 heavy (non-hydrogen) atoms. The largest absolute Gasteiger partial charge is 0.492 e. The monoisotopic (exact) mass is 579 g/mol. The molecule has 8 nitrogen and oxygen atoms in total. The summed E-state index contributed by atoms with van der Waals surface area (Å²) in [6.45, 7) is 9.89. The molecular formula is C32H41N3O5S. The fourth-order valence-corrected chi connectivity index (χ4v) is 5.97. The molecule has 0 fully saturated rings. The van der Waals surface area contributed by atoms with Gasteiger partial charge in [0, 0.05) is 13.1 Å². The molecule has 3 rings (SSSR count). The Morgan fingerprint density at radius 1 is 0.902 bits per heavy atom. The number of aryl methyl sites for hydroxylation is 2. The third-order valence-corrected chi connectivity index (χ3v) is 8.63. The molecule has 1 N–H and O–H groups in total. The Labute approximate surface area is 244 Å². The summed E-state index contributed by atoms with van der Waals surface area (Å²) in [6.07, 6.45) is 1.12. The van der Waals surface area contributed by atoms with E-state index in [1.807, 2.05) is 58.9 Å². The van der Waals surface area contributed by atoms with E-state index in [2.05, 4.69) is 5.32 Å². The molecule has 0 saturated heterocycles. The van der Waals surface area contributed by atoms with Crippen LogP contribution in [-0.2, 0) is 26.2 Å². The summed E-state index contributed by atoms with van der Waals surface area (Å²) in [4.78, 5) is 29.0. The minimum absolute atomic E-state index is 0.0559. The molecule has 0 unspecified atom stereocenters. The van der Waals surface area contributed by atoms with E-state index in [-0.39, 0.29) is 23.0 Å². The highest BCUT2D eigenvalue weighted by Gasteiger charge is 2.34. The predicted molar refractivity (Wildman–Crippen MR) is 162 cm³/mol. The smallest absolute Gasteiger partial charge is 0.264 e. The SMILES string of the molecule is CCCNC(=O)[C@H](CC)N(Cc1ccccc1C)C(=O)CN(c1ccccc1OCC)S(=O)(=O)c1ccc(C)cc1. The van der Waals surface area contributed by atoms with Gasteiger partial charge < -0.3 is 15.0 Å². The molecule has 0 saturated carbocycles. The van der Waals surface area contributed by atoms with Gasteiger partial charge in [0.25, 0.3) is 10.0 Å². The van der Waals surface area contributed by atoms with Crippen molar-refractivity contribution in [2.75, 3.05) is 24.0 Å². The molecule has 0 spiro atoms. The van der Waals surface area contributed by atoms with Crippen LogP contribution in [0.5, 0.6) is 5.75 Å². The van der Waals surface area contributed by atoms with Gasteiger partial charge in [-0.1, -0.05) is 67.9 Å². The molecule has 0 aliphatic heterocycles. The molecule has 0 heterocycles. The molecule has 0 radical (unpaired) electrons. The molecule has 0 aliphatic rings. The fourth-order valence-electron chi connectivity index (χ4n) is 4.55. The lowest BCUT2D eigenvalue weighted by atomic mass is 10.1. The predicted octanol–water partition coefficient (Wildman–Crippen LogP) is 5.23. The van der Waals surface area contributed by atoms with Crippen LogP contribution in [0.2, 0.25) is 0 Å². The number of benzene rings is 3. The number of carbonyl (C=O) groups is 2. The Hall–Kier alpha value is -3.85. The van der Waals surface area contributed by atoms with E-state index < -0.39 is 28.5 Å². The fraction of sp³-hybridized carbons (Fsp3) is 0.375. The number of para-hydroxylation sites is 2. The van der Waals surface area contributed by atoms with Crippen molar-refractivity contribution < 1.29 is 22.7 Å². The molecule has 220 valence electrons. The number of amides is 2. The second-order valence-corrected chi connectivity index (χ2v) is 11.8. The second-order valence-electron chi connectivity index (χ2n) is 9.89. The summed E-state index contributed by atoms with van der Waals surface area (Å²) in [5.41, 5.74) is 3.02. The number of hydrogen-bond acceptors (Lipinski definition) is 5. The van der Waals surface area contributed by atoms with Gasteiger partial charge in [0.15, 0.2) is 0 Å². The van der Waals surface area contributed by atoms with Crippen molar-refractivity contribution in [3.05, 3.63) is 89.5 Å². The van der Waals surface area contributed by atoms with Gasteiger partial charge in [0.05, 0.1) is 17.2 Å². The molecule has 0 bridgehead atoms. The van der Waals surface area contributed by atoms with Crippen LogP contribution >= 0.6 is 0 Å². The Bertz CT molecular complexity index is 1420. The number of nitrogens with one attached hydrogen (secondary N) is 1. The van der Waals surface area contributed by atoms with E-state index >= 15 is 0 Å². The summed E-state index contributed by atoms with van der Waals surface area (Å²) in [6, 6.07) is 20.1. The van der Waals surface area contributed by atoms with Crippen LogP contribution in [0.15, 0.2) is 77.7 Å². The molecule has 3 aromatic rings. The second kappa shape index (κ2) is 14.7. The summed E-state index contributed by atoms with van der Waals surface area (Å²) in [5.74, 6) is -0.413. The summed E-state index contributed by atoms with van der Waals surface area (Å²) in [7, 11) is -4.18. The zero-order valence-electron chi connectivity index (χ0n) is 24.6. The average Bonchev–Trinajstić information content (AvgIpc) is 2.96. The van der Waals surface area contributed by atoms with Crippen molar-refractivity contribution >= 4 is 27.5 Å². The lowest BCUT2D eigenvalue weighted by Crippen LogP contribution is -2.52. The van der Waals surface area contributed by atoms with Crippen LogP contribution in [0, 0.1) is 13.8 Å². The Kier molecular flexibility index (Phi) is 11.3. The Morgan fingerprint density at radius 3 is 2.20 bits per heavy atom. The molecule has 3 aromatic carbocycles. The van der Waals surface area contributed by atoms with Crippen LogP contribution in [0.3, 0.4) is 0 Å². The number of anilines is 1. The van der Waals surface area contributed by atoms with Crippen molar-refractivity contribution in [3.8, 4) is 5.75 Å². The zero-order chi connectivity index (χ0) is 30.0. The highest BCUT2D eigenvalue weighted by molar-refractivity contribution is 7.92. The van der Waals surface area contributed by atoms with Gasteiger partial charge in [-0.25, -0.2) is 8.42 Å². The number of hydrogen-bond donors (Lipinski definition) is 1. The van der Waals surface area contributed by atoms with Crippen molar-refractivity contribution in [2.45, 2.75) is 64.9 Å². The normalized spacial score (nSPS) is 11.9. The number of ether oxygens (including phenoxy) is 1. The molecule has 1 atom stereocenters. The van der Waals surface area contributed by atoms with Crippen LogP contribution in [0.4, 0.5) is 5.69 Å². The van der Waals surface area contributed by atoms with E-state index in [0.717, 1.165) is 27.4 Å². The summed E-state index contributed by atoms with van der Waals surface area (Å²) < 4.78 is 35.1. The standard InChI is InChI=1S/C32H41N3O5S/c1-6-21-33-32(37)28(7-2)34(22-26-14-10-9-13-25(26)5)31(36)23-35(29-15-11-12-16-30(29)40-8-3)41(38,39)27-19-17-24(4)18-20-27/h9-20,28H,6-8,21-23H2,1-5H3,(H,33,37)/t28-/m0/s1. The van der Waals surface area contributed by atoms with Gasteiger partial charge in [-0.15, -0.1) is 0 Å². The minimum Gasteiger partial charge on any atom is -0.492 e. The maximum absolute atomic E-state index is 14.2. The third-order valence-electron chi connectivity index (χ3n) is 6.86. The first-order chi connectivity index (χ1) is 19.6. The zero-order valence-corrected chi connectivity index (χ0v) is 25.4. The van der Waals surface area contributed by atoms with E-state index in [9.17, 15) is 18.0 Å². The highest BCUT2D eigenvalue weighted by Crippen LogP contribution is 2.33. The van der Waals surface area contributed by atoms with Crippen molar-refractivity contribution in [1.29, 1.82) is 0 Å². The number of carbonyl (C=O) groups excluding carboxylic acids is 2. The molecule has 9 heteroatoms. The van der Waals surface area contributed by atoms with E-state index in [1.165, 1.54) is 17.0 Å². The Morgan fingerprint density at radius 2 is 1.56 bits per heavy atom. The average molecular weight is 580 g/mol. The Balaban J connectivity index is 2.11. The van der Waals surface area contributed by atoms with Gasteiger partial charge in [0.2, 0.25) is 11.8 Å². The van der Waals surface area contributed by atoms with Crippen LogP contribution in [0.25, 0.3) is 0 Å². The van der Waals surface area contributed by atoms with Gasteiger partial charge in [0.1, 0.15) is 18.3 Å². The first-order valence-corrected chi connectivity index (χ1v) is 15.5. The van der Waals surface area contributed by atoms with E-state index in [0.29, 0.717) is 25.3 Å². The van der Waals surface area contributed by atoms with Crippen molar-refractivity contribution in [1.82, 2.24) is 10.2 Å². The first kappa shape index (κ1) is 31.7. The first-order valence-electron chi connectivity index (χ1n) is 14.1. The highest BCUT2D eigenvalue weighted by atomic mass is 32.2. The van der Waals surface area contributed by atoms with E-state index in [1.54, 1.807) is 36.4 Å². The van der Waals surface area contributed by atoms with Crippen molar-refractivity contribution in [3.63, 3.8) is 0 Å². The number of nitrogens with zero attached hydrogens (tertiary/aromatic N) is 2.